The van der Waals surface area contributed by atoms with Crippen molar-refractivity contribution in [3.63, 3.8) is 0 Å². The molecule has 1 saturated carbocycles. The molecule has 2 unspecified atom stereocenters. The van der Waals surface area contributed by atoms with E-state index in [1.807, 2.05) is 10.6 Å². The minimum atomic E-state index is -0.466. The molecular weight excluding hydrogens is 498 g/mol. The zero-order valence-corrected chi connectivity index (χ0v) is 22.5. The first-order valence-electron chi connectivity index (χ1n) is 13.7. The Labute approximate surface area is 227 Å². The number of methoxy groups -OCH3 is 1. The summed E-state index contributed by atoms with van der Waals surface area (Å²) in [6.07, 6.45) is 7.36. The number of pyridine rings is 1. The summed E-state index contributed by atoms with van der Waals surface area (Å²) in [6.45, 7) is 2.89. The van der Waals surface area contributed by atoms with Crippen molar-refractivity contribution >= 4 is 23.9 Å². The van der Waals surface area contributed by atoms with E-state index < -0.39 is 5.97 Å². The van der Waals surface area contributed by atoms with Gasteiger partial charge >= 0.3 is 5.97 Å². The van der Waals surface area contributed by atoms with Crippen LogP contribution in [0.5, 0.6) is 11.5 Å². The zero-order valence-electron chi connectivity index (χ0n) is 22.5. The van der Waals surface area contributed by atoms with E-state index in [2.05, 4.69) is 5.32 Å². The summed E-state index contributed by atoms with van der Waals surface area (Å²) >= 11 is 0. The fraction of sp³-hybridized carbons (Fsp3) is 0.467. The lowest BCUT2D eigenvalue weighted by molar-refractivity contribution is -0.133. The normalized spacial score (nSPS) is 21.1. The summed E-state index contributed by atoms with van der Waals surface area (Å²) in [5.41, 5.74) is 1.79. The molecule has 5 rings (SSSR count). The summed E-state index contributed by atoms with van der Waals surface area (Å²) in [5, 5.41) is 2.96. The number of hydrogen-bond donors (Lipinski definition) is 1. The molecule has 1 aliphatic carbocycles. The maximum absolute atomic E-state index is 14.0. The number of carbonyl (C=O) groups is 3. The van der Waals surface area contributed by atoms with E-state index in [0.717, 1.165) is 44.2 Å². The van der Waals surface area contributed by atoms with E-state index in [1.54, 1.807) is 41.3 Å². The summed E-state index contributed by atoms with van der Waals surface area (Å²) in [6, 6.07) is 10.3. The monoisotopic (exact) mass is 533 g/mol. The topological polar surface area (TPSA) is 107 Å². The van der Waals surface area contributed by atoms with Gasteiger partial charge in [-0.05, 0) is 55.0 Å². The van der Waals surface area contributed by atoms with Gasteiger partial charge in [-0.3, -0.25) is 19.2 Å². The number of ether oxygens (including phenoxy) is 2. The quantitative estimate of drug-likeness (QED) is 0.346. The minimum Gasteiger partial charge on any atom is -0.493 e. The summed E-state index contributed by atoms with van der Waals surface area (Å²) < 4.78 is 12.4. The van der Waals surface area contributed by atoms with Gasteiger partial charge in [-0.2, -0.15) is 0 Å². The van der Waals surface area contributed by atoms with Crippen molar-refractivity contribution in [1.29, 1.82) is 0 Å². The average Bonchev–Trinajstić information content (AvgIpc) is 2.93. The van der Waals surface area contributed by atoms with Gasteiger partial charge in [0, 0.05) is 50.2 Å². The number of rotatable bonds is 6. The van der Waals surface area contributed by atoms with Crippen LogP contribution >= 0.6 is 0 Å². The van der Waals surface area contributed by atoms with Gasteiger partial charge in [0.1, 0.15) is 5.70 Å². The van der Waals surface area contributed by atoms with Crippen molar-refractivity contribution < 1.29 is 23.9 Å². The van der Waals surface area contributed by atoms with Crippen molar-refractivity contribution in [2.75, 3.05) is 20.2 Å². The molecule has 1 aromatic carbocycles. The third-order valence-electron chi connectivity index (χ3n) is 7.98. The highest BCUT2D eigenvalue weighted by atomic mass is 16.6. The highest BCUT2D eigenvalue weighted by molar-refractivity contribution is 6.01. The van der Waals surface area contributed by atoms with Gasteiger partial charge in [-0.1, -0.05) is 31.4 Å². The Morgan fingerprint density at radius 1 is 1.00 bits per heavy atom. The molecule has 3 heterocycles. The van der Waals surface area contributed by atoms with Gasteiger partial charge in [0.2, 0.25) is 5.91 Å². The first kappa shape index (κ1) is 26.7. The average molecular weight is 534 g/mol. The number of aromatic nitrogens is 1. The largest absolute Gasteiger partial charge is 0.493 e. The summed E-state index contributed by atoms with van der Waals surface area (Å²) in [7, 11) is 1.47. The first-order chi connectivity index (χ1) is 18.8. The van der Waals surface area contributed by atoms with Gasteiger partial charge in [-0.15, -0.1) is 0 Å². The number of hydrogen-bond acceptors (Lipinski definition) is 6. The molecule has 2 atom stereocenters. The van der Waals surface area contributed by atoms with Crippen LogP contribution in [0, 0.1) is 11.8 Å². The second-order valence-electron chi connectivity index (χ2n) is 10.8. The Balaban J connectivity index is 1.44. The van der Waals surface area contributed by atoms with Crippen LogP contribution < -0.4 is 20.3 Å². The van der Waals surface area contributed by atoms with Crippen LogP contribution in [0.25, 0.3) is 6.08 Å². The van der Waals surface area contributed by atoms with Crippen molar-refractivity contribution in [2.24, 2.45) is 11.8 Å². The number of amides is 2. The van der Waals surface area contributed by atoms with Gasteiger partial charge in [-0.25, -0.2) is 0 Å². The molecule has 0 spiro atoms. The molecule has 0 radical (unpaired) electrons. The Morgan fingerprint density at radius 3 is 2.54 bits per heavy atom. The Kier molecular flexibility index (Phi) is 7.86. The van der Waals surface area contributed by atoms with Crippen LogP contribution in [0.4, 0.5) is 0 Å². The molecule has 9 nitrogen and oxygen atoms in total. The molecule has 2 aromatic rings. The van der Waals surface area contributed by atoms with Crippen LogP contribution in [0.2, 0.25) is 0 Å². The molecule has 2 fully saturated rings. The van der Waals surface area contributed by atoms with Gasteiger partial charge in [0.15, 0.2) is 11.5 Å². The van der Waals surface area contributed by atoms with Crippen molar-refractivity contribution in [3.8, 4) is 11.5 Å². The van der Waals surface area contributed by atoms with Gasteiger partial charge in [0.05, 0.1) is 7.11 Å². The second kappa shape index (κ2) is 11.5. The SMILES string of the molecule is COc1cc(/C=C(\NC(=O)C2CCCCC2)C(=O)N2CC3CC(C2)c2cccc(=O)n2C3)ccc1OC(C)=O. The van der Waals surface area contributed by atoms with Crippen molar-refractivity contribution in [1.82, 2.24) is 14.8 Å². The molecular formula is C30H35N3O6. The lowest BCUT2D eigenvalue weighted by Crippen LogP contribution is -2.51. The molecule has 1 saturated heterocycles. The number of fused-ring (bicyclic) bond motifs is 4. The smallest absolute Gasteiger partial charge is 0.308 e. The van der Waals surface area contributed by atoms with Gasteiger partial charge in [0.25, 0.3) is 11.5 Å². The molecule has 1 aromatic heterocycles. The second-order valence-corrected chi connectivity index (χ2v) is 10.8. The zero-order chi connectivity index (χ0) is 27.5. The highest BCUT2D eigenvalue weighted by Crippen LogP contribution is 2.36. The first-order valence-corrected chi connectivity index (χ1v) is 13.7. The fourth-order valence-electron chi connectivity index (χ4n) is 6.16. The molecule has 2 aliphatic heterocycles. The number of nitrogens with zero attached hydrogens (tertiary/aromatic N) is 2. The molecule has 206 valence electrons. The third kappa shape index (κ3) is 5.92. The lowest BCUT2D eigenvalue weighted by atomic mass is 9.83. The number of carbonyl (C=O) groups excluding carboxylic acids is 3. The number of esters is 1. The van der Waals surface area contributed by atoms with E-state index in [4.69, 9.17) is 9.47 Å². The molecule has 1 N–H and O–H groups in total. The van der Waals surface area contributed by atoms with Crippen LogP contribution in [0.1, 0.15) is 62.6 Å². The van der Waals surface area contributed by atoms with E-state index in [9.17, 15) is 19.2 Å². The molecule has 3 aliphatic rings. The standard InChI is InChI=1S/C30H35N3O6/c1-19(34)39-26-12-11-20(15-27(26)38-2)14-24(31-29(36)22-7-4-3-5-8-22)30(37)32-16-21-13-23(18-32)25-9-6-10-28(35)33(25)17-21/h6,9-12,14-15,21-23H,3-5,7-8,13,16-18H2,1-2H3,(H,31,36)/b24-14-. The summed E-state index contributed by atoms with van der Waals surface area (Å²) in [4.78, 5) is 52.9. The van der Waals surface area contributed by atoms with Gasteiger partial charge < -0.3 is 24.3 Å². The fourth-order valence-corrected chi connectivity index (χ4v) is 6.16. The van der Waals surface area contributed by atoms with E-state index >= 15 is 0 Å². The van der Waals surface area contributed by atoms with Crippen LogP contribution in [-0.2, 0) is 20.9 Å². The maximum atomic E-state index is 14.0. The van der Waals surface area contributed by atoms with E-state index in [1.165, 1.54) is 14.0 Å². The number of nitrogens with one attached hydrogen (secondary N) is 1. The minimum absolute atomic E-state index is 0.00606. The summed E-state index contributed by atoms with van der Waals surface area (Å²) in [5.74, 6) is -0.108. The number of benzene rings is 1. The molecule has 2 amide bonds. The number of piperidine rings is 1. The Bertz CT molecular complexity index is 1360. The van der Waals surface area contributed by atoms with Crippen molar-refractivity contribution in [3.05, 3.63) is 63.7 Å². The van der Waals surface area contributed by atoms with Crippen LogP contribution in [0.3, 0.4) is 0 Å². The Morgan fingerprint density at radius 2 is 1.79 bits per heavy atom. The number of likely N-dealkylation sites (tertiary alicyclic amines) is 1. The third-order valence-corrected chi connectivity index (χ3v) is 7.98. The highest BCUT2D eigenvalue weighted by Gasteiger charge is 2.37. The van der Waals surface area contributed by atoms with Crippen molar-refractivity contribution in [2.45, 2.75) is 57.9 Å². The molecule has 39 heavy (non-hydrogen) atoms. The van der Waals surface area contributed by atoms with Crippen LogP contribution in [-0.4, -0.2) is 47.4 Å². The lowest BCUT2D eigenvalue weighted by Gasteiger charge is -2.43. The molecule has 9 heteroatoms. The van der Waals surface area contributed by atoms with Crippen LogP contribution in [0.15, 0.2) is 46.9 Å². The predicted octanol–water partition coefficient (Wildman–Crippen LogP) is 3.47. The van der Waals surface area contributed by atoms with E-state index in [-0.39, 0.29) is 46.6 Å². The predicted molar refractivity (Wildman–Crippen MR) is 145 cm³/mol. The van der Waals surface area contributed by atoms with E-state index in [0.29, 0.717) is 30.9 Å². The maximum Gasteiger partial charge on any atom is 0.308 e. The Hall–Kier alpha value is -3.88. The molecule has 2 bridgehead atoms.